The van der Waals surface area contributed by atoms with Gasteiger partial charge < -0.3 is 24.8 Å². The Bertz CT molecular complexity index is 1120. The molecule has 3 saturated carbocycles. The fourth-order valence-corrected chi connectivity index (χ4v) is 6.01. The summed E-state index contributed by atoms with van der Waals surface area (Å²) in [5.74, 6) is 2.31. The number of ether oxygens (including phenoxy) is 3. The Hall–Kier alpha value is -3.22. The van der Waals surface area contributed by atoms with Gasteiger partial charge in [-0.15, -0.1) is 0 Å². The van der Waals surface area contributed by atoms with Gasteiger partial charge in [0, 0.05) is 18.3 Å². The first-order valence-electron chi connectivity index (χ1n) is 11.8. The Morgan fingerprint density at radius 1 is 1.09 bits per heavy atom. The van der Waals surface area contributed by atoms with Crippen molar-refractivity contribution in [2.45, 2.75) is 44.4 Å². The topological polar surface area (TPSA) is 85.9 Å². The molecule has 3 aliphatic carbocycles. The molecule has 7 heteroatoms. The van der Waals surface area contributed by atoms with E-state index in [4.69, 9.17) is 14.2 Å². The molecule has 0 saturated heterocycles. The van der Waals surface area contributed by atoms with Crippen molar-refractivity contribution in [2.24, 2.45) is 17.8 Å². The third kappa shape index (κ3) is 3.41. The van der Waals surface area contributed by atoms with Gasteiger partial charge in [-0.2, -0.15) is 0 Å². The van der Waals surface area contributed by atoms with Crippen LogP contribution >= 0.6 is 0 Å². The Morgan fingerprint density at radius 3 is 2.73 bits per heavy atom. The number of hydrogen-bond acceptors (Lipinski definition) is 5. The highest BCUT2D eigenvalue weighted by atomic mass is 16.6. The van der Waals surface area contributed by atoms with Crippen molar-refractivity contribution in [3.63, 3.8) is 0 Å². The lowest BCUT2D eigenvalue weighted by molar-refractivity contribution is -0.147. The molecule has 2 aromatic rings. The van der Waals surface area contributed by atoms with E-state index in [-0.39, 0.29) is 35.6 Å². The molecule has 2 N–H and O–H groups in total. The van der Waals surface area contributed by atoms with E-state index < -0.39 is 5.72 Å². The summed E-state index contributed by atoms with van der Waals surface area (Å²) in [5.41, 5.74) is 0.865. The molecule has 0 radical (unpaired) electrons. The number of nitrogens with one attached hydrogen (secondary N) is 2. The van der Waals surface area contributed by atoms with E-state index in [9.17, 15) is 9.59 Å². The molecule has 172 valence electrons. The van der Waals surface area contributed by atoms with Crippen LogP contribution in [0.5, 0.6) is 17.2 Å². The van der Waals surface area contributed by atoms with Crippen LogP contribution in [0.15, 0.2) is 42.5 Å². The third-order valence-corrected chi connectivity index (χ3v) is 7.73. The fourth-order valence-electron chi connectivity index (χ4n) is 6.01. The van der Waals surface area contributed by atoms with Crippen LogP contribution in [-0.2, 0) is 4.79 Å². The molecule has 2 amide bonds. The van der Waals surface area contributed by atoms with Crippen LogP contribution in [0.2, 0.25) is 0 Å². The van der Waals surface area contributed by atoms with Crippen molar-refractivity contribution in [3.8, 4) is 17.2 Å². The number of fused-ring (bicyclic) bond motifs is 4. The molecule has 2 aliphatic heterocycles. The van der Waals surface area contributed by atoms with Crippen molar-refractivity contribution in [1.82, 2.24) is 10.6 Å². The maximum atomic E-state index is 13.3. The summed E-state index contributed by atoms with van der Waals surface area (Å²) >= 11 is 0. The van der Waals surface area contributed by atoms with E-state index in [1.165, 1.54) is 0 Å². The highest BCUT2D eigenvalue weighted by Crippen LogP contribution is 2.52. The Balaban J connectivity index is 1.16. The number of carbonyl (C=O) groups excluding carboxylic acids is 2. The van der Waals surface area contributed by atoms with Crippen LogP contribution in [0.1, 0.15) is 54.6 Å². The first-order chi connectivity index (χ1) is 16.0. The molecule has 0 unspecified atom stereocenters. The number of benzene rings is 2. The predicted octanol–water partition coefficient (Wildman–Crippen LogP) is 3.59. The number of amides is 2. The average Bonchev–Trinajstić information content (AvgIpc) is 2.84. The zero-order valence-electron chi connectivity index (χ0n) is 18.6. The average molecular weight is 449 g/mol. The number of hydrogen-bond donors (Lipinski definition) is 2. The lowest BCUT2D eigenvalue weighted by Gasteiger charge is -2.55. The summed E-state index contributed by atoms with van der Waals surface area (Å²) in [4.78, 5) is 26.1. The van der Waals surface area contributed by atoms with Crippen molar-refractivity contribution >= 4 is 11.8 Å². The highest BCUT2D eigenvalue weighted by Gasteiger charge is 2.57. The number of carbonyl (C=O) groups is 2. The monoisotopic (exact) mass is 448 g/mol. The van der Waals surface area contributed by atoms with Gasteiger partial charge in [-0.1, -0.05) is 18.2 Å². The SMILES string of the molecule is C[C@H](NC(=O)[C@H]1C[C@H]2CC[C@H]1C[C@@]21NC(=O)c2ccccc2O1)c1ccc2c(c1)OCCO2. The summed E-state index contributed by atoms with van der Waals surface area (Å²) in [6.45, 7) is 3.08. The molecule has 2 aromatic carbocycles. The first kappa shape index (κ1) is 20.4. The summed E-state index contributed by atoms with van der Waals surface area (Å²) in [6.07, 6.45) is 3.30. The van der Waals surface area contributed by atoms with Crippen LogP contribution in [-0.4, -0.2) is 30.8 Å². The van der Waals surface area contributed by atoms with Crippen LogP contribution in [0, 0.1) is 17.8 Å². The van der Waals surface area contributed by atoms with E-state index in [1.807, 2.05) is 43.3 Å². The van der Waals surface area contributed by atoms with Crippen LogP contribution in [0.3, 0.4) is 0 Å². The number of para-hydroxylation sites is 1. The molecule has 5 aliphatic rings. The molecular weight excluding hydrogens is 420 g/mol. The highest BCUT2D eigenvalue weighted by molar-refractivity contribution is 5.98. The molecule has 7 nitrogen and oxygen atoms in total. The van der Waals surface area contributed by atoms with Gasteiger partial charge in [0.15, 0.2) is 17.2 Å². The molecule has 5 atom stereocenters. The summed E-state index contributed by atoms with van der Waals surface area (Å²) in [7, 11) is 0. The Kier molecular flexibility index (Phi) is 4.75. The van der Waals surface area contributed by atoms with Crippen LogP contribution < -0.4 is 24.8 Å². The summed E-state index contributed by atoms with van der Waals surface area (Å²) in [5, 5.41) is 6.37. The largest absolute Gasteiger partial charge is 0.486 e. The molecule has 2 bridgehead atoms. The van der Waals surface area contributed by atoms with Gasteiger partial charge in [-0.3, -0.25) is 9.59 Å². The minimum atomic E-state index is -0.702. The van der Waals surface area contributed by atoms with Gasteiger partial charge >= 0.3 is 0 Å². The zero-order valence-corrected chi connectivity index (χ0v) is 18.6. The second kappa shape index (κ2) is 7.68. The fraction of sp³-hybridized carbons (Fsp3) is 0.462. The quantitative estimate of drug-likeness (QED) is 0.750. The Morgan fingerprint density at radius 2 is 1.91 bits per heavy atom. The molecule has 1 spiro atoms. The van der Waals surface area contributed by atoms with E-state index >= 15 is 0 Å². The van der Waals surface area contributed by atoms with Crippen molar-refractivity contribution in [2.75, 3.05) is 13.2 Å². The maximum Gasteiger partial charge on any atom is 0.258 e. The van der Waals surface area contributed by atoms with E-state index in [2.05, 4.69) is 10.6 Å². The second-order valence-corrected chi connectivity index (χ2v) is 9.66. The number of rotatable bonds is 3. The van der Waals surface area contributed by atoms with Crippen molar-refractivity contribution in [3.05, 3.63) is 53.6 Å². The van der Waals surface area contributed by atoms with Gasteiger partial charge in [-0.25, -0.2) is 0 Å². The van der Waals surface area contributed by atoms with E-state index in [0.29, 0.717) is 37.4 Å². The third-order valence-electron chi connectivity index (χ3n) is 7.73. The summed E-state index contributed by atoms with van der Waals surface area (Å²) in [6, 6.07) is 13.1. The van der Waals surface area contributed by atoms with Gasteiger partial charge in [0.1, 0.15) is 19.0 Å². The molecule has 2 heterocycles. The van der Waals surface area contributed by atoms with Gasteiger partial charge in [0.25, 0.3) is 5.91 Å². The normalized spacial score (nSPS) is 30.1. The van der Waals surface area contributed by atoms with Crippen LogP contribution in [0.4, 0.5) is 0 Å². The summed E-state index contributed by atoms with van der Waals surface area (Å²) < 4.78 is 17.7. The lowest BCUT2D eigenvalue weighted by Crippen LogP contribution is -2.66. The minimum Gasteiger partial charge on any atom is -0.486 e. The molecule has 7 rings (SSSR count). The standard InChI is InChI=1S/C26H28N2O5/c1-15(16-7-9-22-23(12-16)32-11-10-31-22)27-24(29)20-13-18-8-6-17(20)14-26(18)28-25(30)19-4-2-3-5-21(19)33-26/h2-5,7,9,12,15,17-18,20H,6,8,10-11,13-14H2,1H3,(H,27,29)(H,28,30)/t15-,17-,18+,20-,26-/m0/s1. The van der Waals surface area contributed by atoms with E-state index in [1.54, 1.807) is 6.07 Å². The molecule has 0 aromatic heterocycles. The van der Waals surface area contributed by atoms with Crippen LogP contribution in [0.25, 0.3) is 0 Å². The van der Waals surface area contributed by atoms with Gasteiger partial charge in [-0.05, 0) is 61.9 Å². The smallest absolute Gasteiger partial charge is 0.258 e. The maximum absolute atomic E-state index is 13.3. The van der Waals surface area contributed by atoms with Gasteiger partial charge in [0.05, 0.1) is 11.6 Å². The Labute approximate surface area is 192 Å². The minimum absolute atomic E-state index is 0.0736. The molecular formula is C26H28N2O5. The van der Waals surface area contributed by atoms with Crippen molar-refractivity contribution in [1.29, 1.82) is 0 Å². The zero-order chi connectivity index (χ0) is 22.6. The molecule has 33 heavy (non-hydrogen) atoms. The second-order valence-electron chi connectivity index (χ2n) is 9.66. The van der Waals surface area contributed by atoms with Crippen molar-refractivity contribution < 1.29 is 23.8 Å². The predicted molar refractivity (Wildman–Crippen MR) is 120 cm³/mol. The lowest BCUT2D eigenvalue weighted by atomic mass is 9.60. The molecule has 3 fully saturated rings. The first-order valence-corrected chi connectivity index (χ1v) is 11.8. The van der Waals surface area contributed by atoms with E-state index in [0.717, 1.165) is 29.9 Å². The van der Waals surface area contributed by atoms with Gasteiger partial charge in [0.2, 0.25) is 5.91 Å².